The maximum Gasteiger partial charge on any atom is 0.408 e. The molecule has 1 spiro atoms. The van der Waals surface area contributed by atoms with Gasteiger partial charge in [-0.2, -0.15) is 0 Å². The molecule has 1 aromatic carbocycles. The van der Waals surface area contributed by atoms with E-state index in [1.165, 1.54) is 20.0 Å². The maximum absolute atomic E-state index is 12.1. The van der Waals surface area contributed by atoms with Gasteiger partial charge in [0.2, 0.25) is 0 Å². The average Bonchev–Trinajstić information content (AvgIpc) is 3.38. The molecule has 24 heavy (non-hydrogen) atoms. The van der Waals surface area contributed by atoms with Gasteiger partial charge < -0.3 is 14.8 Å². The van der Waals surface area contributed by atoms with Crippen LogP contribution in [0.5, 0.6) is 0 Å². The quantitative estimate of drug-likeness (QED) is 0.840. The Morgan fingerprint density at radius 1 is 1.17 bits per heavy atom. The predicted molar refractivity (Wildman–Crippen MR) is 89.2 cm³/mol. The summed E-state index contributed by atoms with van der Waals surface area (Å²) in [6.07, 6.45) is 6.26. The second kappa shape index (κ2) is 7.24. The first-order valence-electron chi connectivity index (χ1n) is 8.67. The number of carbonyl (C=O) groups excluding carboxylic acids is 2. The molecule has 0 saturated heterocycles. The van der Waals surface area contributed by atoms with E-state index < -0.39 is 12.1 Å². The number of amides is 1. The zero-order valence-corrected chi connectivity index (χ0v) is 14.1. The van der Waals surface area contributed by atoms with Gasteiger partial charge in [0.25, 0.3) is 0 Å². The normalized spacial score (nSPS) is 20.2. The fraction of sp³-hybridized carbons (Fsp3) is 0.579. The van der Waals surface area contributed by atoms with Crippen LogP contribution in [0.4, 0.5) is 4.79 Å². The van der Waals surface area contributed by atoms with E-state index in [4.69, 9.17) is 9.47 Å². The fourth-order valence-electron chi connectivity index (χ4n) is 3.65. The first-order valence-corrected chi connectivity index (χ1v) is 8.67. The monoisotopic (exact) mass is 331 g/mol. The zero-order chi connectivity index (χ0) is 17.0. The van der Waals surface area contributed by atoms with E-state index >= 15 is 0 Å². The van der Waals surface area contributed by atoms with Gasteiger partial charge in [0, 0.05) is 0 Å². The van der Waals surface area contributed by atoms with Crippen molar-refractivity contribution in [3.05, 3.63) is 35.9 Å². The molecule has 2 aliphatic rings. The molecule has 2 aliphatic carbocycles. The molecule has 1 N–H and O–H groups in total. The van der Waals surface area contributed by atoms with Crippen LogP contribution in [0.2, 0.25) is 0 Å². The van der Waals surface area contributed by atoms with E-state index in [1.54, 1.807) is 0 Å². The maximum atomic E-state index is 12.1. The molecule has 1 unspecified atom stereocenters. The molecule has 0 aliphatic heterocycles. The highest BCUT2D eigenvalue weighted by atomic mass is 16.6. The van der Waals surface area contributed by atoms with Crippen molar-refractivity contribution in [1.82, 2.24) is 5.32 Å². The standard InChI is InChI=1S/C19H25NO4/c1-23-17(21)16(15-7-9-19(10-8-15)11-12-19)20-18(22)24-13-14-5-3-2-4-6-14/h2-6,15-16H,7-13H2,1H3,(H,20,22). The molecule has 1 aromatic rings. The van der Waals surface area contributed by atoms with Gasteiger partial charge in [-0.1, -0.05) is 30.3 Å². The highest BCUT2D eigenvalue weighted by Gasteiger charge is 2.47. The SMILES string of the molecule is COC(=O)C(NC(=O)OCc1ccccc1)C1CCC2(CC1)CC2. The van der Waals surface area contributed by atoms with E-state index in [2.05, 4.69) is 5.32 Å². The summed E-state index contributed by atoms with van der Waals surface area (Å²) < 4.78 is 10.1. The van der Waals surface area contributed by atoms with Gasteiger partial charge in [0.1, 0.15) is 12.6 Å². The lowest BCUT2D eigenvalue weighted by molar-refractivity contribution is -0.145. The van der Waals surface area contributed by atoms with Gasteiger partial charge in [-0.05, 0) is 55.4 Å². The van der Waals surface area contributed by atoms with Gasteiger partial charge >= 0.3 is 12.1 Å². The highest BCUT2D eigenvalue weighted by molar-refractivity contribution is 5.81. The lowest BCUT2D eigenvalue weighted by Gasteiger charge is -2.32. The second-order valence-electron chi connectivity index (χ2n) is 7.04. The van der Waals surface area contributed by atoms with Gasteiger partial charge in [-0.15, -0.1) is 0 Å². The van der Waals surface area contributed by atoms with Crippen molar-refractivity contribution in [2.75, 3.05) is 7.11 Å². The average molecular weight is 331 g/mol. The van der Waals surface area contributed by atoms with E-state index in [0.717, 1.165) is 31.2 Å². The molecule has 0 aromatic heterocycles. The van der Waals surface area contributed by atoms with Crippen molar-refractivity contribution in [1.29, 1.82) is 0 Å². The number of hydrogen-bond acceptors (Lipinski definition) is 4. The predicted octanol–water partition coefficient (Wildman–Crippen LogP) is 3.42. The minimum Gasteiger partial charge on any atom is -0.467 e. The van der Waals surface area contributed by atoms with Gasteiger partial charge in [0.05, 0.1) is 7.11 Å². The third kappa shape index (κ3) is 4.08. The summed E-state index contributed by atoms with van der Waals surface area (Å²) in [6.45, 7) is 0.189. The number of nitrogens with one attached hydrogen (secondary N) is 1. The summed E-state index contributed by atoms with van der Waals surface area (Å²) in [5, 5.41) is 2.72. The minimum absolute atomic E-state index is 0.132. The summed E-state index contributed by atoms with van der Waals surface area (Å²) in [5.74, 6) is -0.253. The van der Waals surface area contributed by atoms with Crippen molar-refractivity contribution < 1.29 is 19.1 Å². The number of alkyl carbamates (subject to hydrolysis) is 1. The summed E-state index contributed by atoms with van der Waals surface area (Å²) >= 11 is 0. The molecular weight excluding hydrogens is 306 g/mol. The number of ether oxygens (including phenoxy) is 2. The number of rotatable bonds is 5. The van der Waals surface area contributed by atoms with Crippen LogP contribution >= 0.6 is 0 Å². The number of benzene rings is 1. The second-order valence-corrected chi connectivity index (χ2v) is 7.04. The summed E-state index contributed by atoms with van der Waals surface area (Å²) in [6, 6.07) is 8.86. The lowest BCUT2D eigenvalue weighted by Crippen LogP contribution is -2.47. The Morgan fingerprint density at radius 3 is 2.42 bits per heavy atom. The van der Waals surface area contributed by atoms with Crippen molar-refractivity contribution >= 4 is 12.1 Å². The Hall–Kier alpha value is -2.04. The number of hydrogen-bond donors (Lipinski definition) is 1. The van der Waals surface area contributed by atoms with E-state index in [-0.39, 0.29) is 18.5 Å². The molecule has 2 fully saturated rings. The molecule has 2 saturated carbocycles. The molecule has 0 heterocycles. The van der Waals surface area contributed by atoms with Gasteiger partial charge in [-0.3, -0.25) is 0 Å². The van der Waals surface area contributed by atoms with Crippen LogP contribution in [-0.4, -0.2) is 25.2 Å². The Morgan fingerprint density at radius 2 is 1.83 bits per heavy atom. The van der Waals surface area contributed by atoms with Gasteiger partial charge in [0.15, 0.2) is 0 Å². The Bertz CT molecular complexity index is 572. The third-order valence-corrected chi connectivity index (χ3v) is 5.46. The number of esters is 1. The van der Waals surface area contributed by atoms with Crippen molar-refractivity contribution in [2.24, 2.45) is 11.3 Å². The lowest BCUT2D eigenvalue weighted by atomic mass is 9.76. The topological polar surface area (TPSA) is 64.6 Å². The fourth-order valence-corrected chi connectivity index (χ4v) is 3.65. The summed E-state index contributed by atoms with van der Waals surface area (Å²) in [4.78, 5) is 24.2. The molecule has 0 bridgehead atoms. The Kier molecular flexibility index (Phi) is 5.07. The molecule has 1 amide bonds. The first-order chi connectivity index (χ1) is 11.6. The van der Waals surface area contributed by atoms with E-state index in [0.29, 0.717) is 5.41 Å². The van der Waals surface area contributed by atoms with Crippen LogP contribution in [0.1, 0.15) is 44.1 Å². The zero-order valence-electron chi connectivity index (χ0n) is 14.1. The van der Waals surface area contributed by atoms with E-state index in [1.807, 2.05) is 30.3 Å². The molecule has 3 rings (SSSR count). The van der Waals surface area contributed by atoms with Crippen LogP contribution in [0.25, 0.3) is 0 Å². The molecule has 130 valence electrons. The molecule has 5 nitrogen and oxygen atoms in total. The smallest absolute Gasteiger partial charge is 0.408 e. The van der Waals surface area contributed by atoms with Crippen LogP contribution in [0, 0.1) is 11.3 Å². The number of carbonyl (C=O) groups is 2. The minimum atomic E-state index is -0.616. The van der Waals surface area contributed by atoms with Crippen molar-refractivity contribution in [3.8, 4) is 0 Å². The first kappa shape index (κ1) is 16.8. The van der Waals surface area contributed by atoms with Gasteiger partial charge in [-0.25, -0.2) is 9.59 Å². The molecule has 1 atom stereocenters. The summed E-state index contributed by atoms with van der Waals surface area (Å²) in [5.41, 5.74) is 1.46. The van der Waals surface area contributed by atoms with Crippen LogP contribution < -0.4 is 5.32 Å². The third-order valence-electron chi connectivity index (χ3n) is 5.46. The summed E-state index contributed by atoms with van der Waals surface area (Å²) in [7, 11) is 1.36. The molecule has 5 heteroatoms. The van der Waals surface area contributed by atoms with Crippen LogP contribution in [-0.2, 0) is 20.9 Å². The Balaban J connectivity index is 1.53. The highest BCUT2D eigenvalue weighted by Crippen LogP contribution is 2.57. The van der Waals surface area contributed by atoms with Crippen molar-refractivity contribution in [3.63, 3.8) is 0 Å². The largest absolute Gasteiger partial charge is 0.467 e. The van der Waals surface area contributed by atoms with Crippen molar-refractivity contribution in [2.45, 2.75) is 51.2 Å². The molecule has 0 radical (unpaired) electrons. The van der Waals surface area contributed by atoms with Crippen LogP contribution in [0.3, 0.4) is 0 Å². The van der Waals surface area contributed by atoms with Crippen LogP contribution in [0.15, 0.2) is 30.3 Å². The Labute approximate surface area is 142 Å². The number of methoxy groups -OCH3 is 1. The molecular formula is C19H25NO4. The van der Waals surface area contributed by atoms with E-state index in [9.17, 15) is 9.59 Å².